The zero-order valence-electron chi connectivity index (χ0n) is 15.0. The minimum absolute atomic E-state index is 0.00636. The van der Waals surface area contributed by atoms with Crippen LogP contribution in [0.4, 0.5) is 0 Å². The van der Waals surface area contributed by atoms with Gasteiger partial charge in [-0.3, -0.25) is 0 Å². The summed E-state index contributed by atoms with van der Waals surface area (Å²) in [6.45, 7) is 6.98. The molecule has 1 aromatic rings. The number of carbonyl (C=O) groups is 1. The molecule has 6 heteroatoms. The van der Waals surface area contributed by atoms with Gasteiger partial charge in [-0.15, -0.1) is 0 Å². The smallest absolute Gasteiger partial charge is 0.338 e. The van der Waals surface area contributed by atoms with Crippen molar-refractivity contribution in [3.05, 3.63) is 52.6 Å². The predicted octanol–water partition coefficient (Wildman–Crippen LogP) is 3.12. The van der Waals surface area contributed by atoms with Gasteiger partial charge in [0.2, 0.25) is 5.88 Å². The predicted molar refractivity (Wildman–Crippen MR) is 92.2 cm³/mol. The minimum Gasteiger partial charge on any atom is -0.497 e. The molecule has 0 saturated heterocycles. The maximum atomic E-state index is 12.7. The van der Waals surface area contributed by atoms with E-state index in [1.807, 2.05) is 0 Å². The molecule has 0 radical (unpaired) electrons. The molecule has 0 aromatic heterocycles. The monoisotopic (exact) mass is 342 g/mol. The van der Waals surface area contributed by atoms with Gasteiger partial charge < -0.3 is 19.9 Å². The number of hydrogen-bond donors (Lipinski definition) is 1. The molecule has 0 aliphatic carbocycles. The summed E-state index contributed by atoms with van der Waals surface area (Å²) in [4.78, 5) is 12.7. The number of nitrogens with two attached hydrogens (primary N) is 1. The minimum atomic E-state index is -0.672. The fraction of sp³-hybridized carbons (Fsp3) is 0.368. The number of nitriles is 1. The lowest BCUT2D eigenvalue weighted by atomic mass is 9.83. The van der Waals surface area contributed by atoms with Gasteiger partial charge in [-0.25, -0.2) is 4.79 Å². The SMILES string of the molecule is COc1ccc([C@@H]2C(C#N)=C(N)OC(C)=C2C(=O)OC(C)(C)C)cc1. The molecule has 2 rings (SSSR count). The Balaban J connectivity index is 2.55. The molecule has 25 heavy (non-hydrogen) atoms. The first kappa shape index (κ1) is 18.4. The molecular weight excluding hydrogens is 320 g/mol. The Labute approximate surface area is 147 Å². The van der Waals surface area contributed by atoms with E-state index in [9.17, 15) is 10.1 Å². The van der Waals surface area contributed by atoms with E-state index in [1.54, 1.807) is 59.1 Å². The van der Waals surface area contributed by atoms with Crippen LogP contribution in [0.15, 0.2) is 47.1 Å². The third-order valence-electron chi connectivity index (χ3n) is 3.67. The van der Waals surface area contributed by atoms with Gasteiger partial charge in [-0.1, -0.05) is 12.1 Å². The Morgan fingerprint density at radius 2 is 1.88 bits per heavy atom. The summed E-state index contributed by atoms with van der Waals surface area (Å²) < 4.78 is 16.1. The number of methoxy groups -OCH3 is 1. The van der Waals surface area contributed by atoms with Crippen LogP contribution in [0.25, 0.3) is 0 Å². The maximum absolute atomic E-state index is 12.7. The zero-order chi connectivity index (χ0) is 18.8. The number of esters is 1. The maximum Gasteiger partial charge on any atom is 0.338 e. The second-order valence-corrected chi connectivity index (χ2v) is 6.67. The average Bonchev–Trinajstić information content (AvgIpc) is 2.52. The van der Waals surface area contributed by atoms with Crippen LogP contribution < -0.4 is 10.5 Å². The fourth-order valence-corrected chi connectivity index (χ4v) is 2.61. The van der Waals surface area contributed by atoms with E-state index < -0.39 is 17.5 Å². The highest BCUT2D eigenvalue weighted by molar-refractivity contribution is 5.92. The summed E-state index contributed by atoms with van der Waals surface area (Å²) >= 11 is 0. The summed E-state index contributed by atoms with van der Waals surface area (Å²) in [5.74, 6) is -0.198. The highest BCUT2D eigenvalue weighted by Gasteiger charge is 2.37. The molecule has 1 aliphatic rings. The second kappa shape index (κ2) is 6.89. The number of carbonyl (C=O) groups excluding carboxylic acids is 1. The average molecular weight is 342 g/mol. The molecule has 2 N–H and O–H groups in total. The third kappa shape index (κ3) is 3.94. The molecule has 6 nitrogen and oxygen atoms in total. The largest absolute Gasteiger partial charge is 0.497 e. The number of hydrogen-bond acceptors (Lipinski definition) is 6. The Kier molecular flexibility index (Phi) is 5.07. The van der Waals surface area contributed by atoms with Crippen LogP contribution in [-0.4, -0.2) is 18.7 Å². The van der Waals surface area contributed by atoms with Gasteiger partial charge in [0.15, 0.2) is 0 Å². The Bertz CT molecular complexity index is 777. The fourth-order valence-electron chi connectivity index (χ4n) is 2.61. The lowest BCUT2D eigenvalue weighted by Crippen LogP contribution is -2.30. The van der Waals surface area contributed by atoms with Crippen molar-refractivity contribution in [3.8, 4) is 11.8 Å². The summed E-state index contributed by atoms with van der Waals surface area (Å²) in [6.07, 6.45) is 0. The Hall–Kier alpha value is -2.94. The van der Waals surface area contributed by atoms with E-state index in [-0.39, 0.29) is 17.0 Å². The standard InChI is InChI=1S/C19H22N2O4/c1-11-15(18(22)25-19(2,3)4)16(14(10-20)17(21)24-11)12-6-8-13(23-5)9-7-12/h6-9,16H,21H2,1-5H3/t16-/m1/s1. The topological polar surface area (TPSA) is 94.6 Å². The van der Waals surface area contributed by atoms with E-state index in [4.69, 9.17) is 19.9 Å². The summed E-state index contributed by atoms with van der Waals surface area (Å²) in [7, 11) is 1.57. The molecule has 0 amide bonds. The van der Waals surface area contributed by atoms with Crippen LogP contribution in [0.2, 0.25) is 0 Å². The first-order valence-corrected chi connectivity index (χ1v) is 7.83. The first-order chi connectivity index (χ1) is 11.7. The molecule has 1 aromatic carbocycles. The molecule has 0 spiro atoms. The number of benzene rings is 1. The first-order valence-electron chi connectivity index (χ1n) is 7.83. The van der Waals surface area contributed by atoms with E-state index in [1.165, 1.54) is 0 Å². The van der Waals surface area contributed by atoms with Crippen LogP contribution >= 0.6 is 0 Å². The summed E-state index contributed by atoms with van der Waals surface area (Å²) in [5, 5.41) is 9.55. The van der Waals surface area contributed by atoms with Crippen LogP contribution in [0.1, 0.15) is 39.2 Å². The van der Waals surface area contributed by atoms with Crippen LogP contribution in [0.3, 0.4) is 0 Å². The number of ether oxygens (including phenoxy) is 3. The van der Waals surface area contributed by atoms with Gasteiger partial charge in [-0.2, -0.15) is 5.26 Å². The van der Waals surface area contributed by atoms with Gasteiger partial charge >= 0.3 is 5.97 Å². The molecule has 0 bridgehead atoms. The molecule has 0 unspecified atom stereocenters. The number of nitrogens with zero attached hydrogens (tertiary/aromatic N) is 1. The second-order valence-electron chi connectivity index (χ2n) is 6.67. The van der Waals surface area contributed by atoms with Crippen LogP contribution in [0, 0.1) is 11.3 Å². The molecule has 1 heterocycles. The van der Waals surface area contributed by atoms with E-state index >= 15 is 0 Å². The Morgan fingerprint density at radius 3 is 2.36 bits per heavy atom. The van der Waals surface area contributed by atoms with Gasteiger partial charge in [-0.05, 0) is 45.4 Å². The van der Waals surface area contributed by atoms with Gasteiger partial charge in [0.1, 0.15) is 28.8 Å². The third-order valence-corrected chi connectivity index (χ3v) is 3.67. The van der Waals surface area contributed by atoms with Crippen molar-refractivity contribution in [2.45, 2.75) is 39.2 Å². The summed E-state index contributed by atoms with van der Waals surface area (Å²) in [5.41, 5.74) is 6.38. The number of allylic oxidation sites excluding steroid dienone is 2. The van der Waals surface area contributed by atoms with Crippen molar-refractivity contribution < 1.29 is 19.0 Å². The van der Waals surface area contributed by atoms with E-state index in [2.05, 4.69) is 6.07 Å². The molecule has 1 aliphatic heterocycles. The van der Waals surface area contributed by atoms with Crippen molar-refractivity contribution in [3.63, 3.8) is 0 Å². The molecule has 1 atom stereocenters. The van der Waals surface area contributed by atoms with Crippen molar-refractivity contribution in [2.75, 3.05) is 7.11 Å². The zero-order valence-corrected chi connectivity index (χ0v) is 15.0. The van der Waals surface area contributed by atoms with Gasteiger partial charge in [0, 0.05) is 0 Å². The van der Waals surface area contributed by atoms with E-state index in [0.29, 0.717) is 11.5 Å². The van der Waals surface area contributed by atoms with Crippen molar-refractivity contribution in [1.29, 1.82) is 5.26 Å². The molecule has 0 fully saturated rings. The van der Waals surface area contributed by atoms with Crippen LogP contribution in [0.5, 0.6) is 5.75 Å². The quantitative estimate of drug-likeness (QED) is 0.848. The van der Waals surface area contributed by atoms with Gasteiger partial charge in [0.05, 0.1) is 18.6 Å². The normalized spacial score (nSPS) is 17.7. The summed E-state index contributed by atoms with van der Waals surface area (Å²) in [6, 6.07) is 9.16. The van der Waals surface area contributed by atoms with E-state index in [0.717, 1.165) is 5.56 Å². The van der Waals surface area contributed by atoms with Crippen molar-refractivity contribution in [2.24, 2.45) is 5.73 Å². The van der Waals surface area contributed by atoms with Gasteiger partial charge in [0.25, 0.3) is 0 Å². The molecule has 0 saturated carbocycles. The molecular formula is C19H22N2O4. The lowest BCUT2D eigenvalue weighted by molar-refractivity contribution is -0.150. The van der Waals surface area contributed by atoms with Crippen LogP contribution in [-0.2, 0) is 14.3 Å². The van der Waals surface area contributed by atoms with Crippen molar-refractivity contribution in [1.82, 2.24) is 0 Å². The molecule has 132 valence electrons. The highest BCUT2D eigenvalue weighted by atomic mass is 16.6. The van der Waals surface area contributed by atoms with Crippen molar-refractivity contribution >= 4 is 5.97 Å². The lowest BCUT2D eigenvalue weighted by Gasteiger charge is -2.29. The Morgan fingerprint density at radius 1 is 1.28 bits per heavy atom. The highest BCUT2D eigenvalue weighted by Crippen LogP contribution is 2.40. The number of rotatable bonds is 3.